The van der Waals surface area contributed by atoms with Gasteiger partial charge in [0.15, 0.2) is 5.78 Å². The molecule has 0 aliphatic heterocycles. The van der Waals surface area contributed by atoms with Gasteiger partial charge in [0, 0.05) is 0 Å². The maximum atomic E-state index is 13.7. The Bertz CT molecular complexity index is 388. The summed E-state index contributed by atoms with van der Waals surface area (Å²) in [6, 6.07) is 2.38. The first kappa shape index (κ1) is 11.7. The number of carbonyl (C=O) groups excluding carboxylic acids is 1. The van der Waals surface area contributed by atoms with E-state index in [9.17, 15) is 9.18 Å². The molecule has 0 saturated carbocycles. The van der Waals surface area contributed by atoms with Crippen molar-refractivity contribution in [3.05, 3.63) is 29.1 Å². The first-order valence-electron chi connectivity index (χ1n) is 4.62. The van der Waals surface area contributed by atoms with Crippen LogP contribution in [0.5, 0.6) is 5.75 Å². The summed E-state index contributed by atoms with van der Waals surface area (Å²) in [4.78, 5) is 11.7. The summed E-state index contributed by atoms with van der Waals surface area (Å²) in [6.07, 6.45) is 0. The van der Waals surface area contributed by atoms with Crippen molar-refractivity contribution in [2.45, 2.75) is 19.9 Å². The summed E-state index contributed by atoms with van der Waals surface area (Å²) in [5.74, 6) is -0.787. The second-order valence-corrected chi connectivity index (χ2v) is 3.43. The second kappa shape index (κ2) is 4.40. The zero-order valence-electron chi connectivity index (χ0n) is 9.00. The van der Waals surface area contributed by atoms with Gasteiger partial charge in [0.2, 0.25) is 0 Å². The molecule has 1 rings (SSSR count). The molecule has 0 spiro atoms. The van der Waals surface area contributed by atoms with Gasteiger partial charge < -0.3 is 10.5 Å². The van der Waals surface area contributed by atoms with Crippen molar-refractivity contribution in [2.75, 3.05) is 7.11 Å². The number of ether oxygens (including phenoxy) is 1. The summed E-state index contributed by atoms with van der Waals surface area (Å²) < 4.78 is 18.6. The molecule has 1 unspecified atom stereocenters. The molecule has 0 aliphatic rings. The van der Waals surface area contributed by atoms with Gasteiger partial charge in [-0.1, -0.05) is 6.07 Å². The van der Waals surface area contributed by atoms with Crippen LogP contribution >= 0.6 is 0 Å². The van der Waals surface area contributed by atoms with E-state index < -0.39 is 17.6 Å². The van der Waals surface area contributed by atoms with Crippen LogP contribution in [0.2, 0.25) is 0 Å². The Kier molecular flexibility index (Phi) is 3.42. The van der Waals surface area contributed by atoms with E-state index in [-0.39, 0.29) is 11.3 Å². The van der Waals surface area contributed by atoms with Gasteiger partial charge >= 0.3 is 0 Å². The Hall–Kier alpha value is -1.42. The lowest BCUT2D eigenvalue weighted by Crippen LogP contribution is -2.28. The number of aryl methyl sites for hydroxylation is 1. The molecule has 3 nitrogen and oxygen atoms in total. The quantitative estimate of drug-likeness (QED) is 0.774. The SMILES string of the molecule is COc1ccc(C)c(F)c1C(=O)C(C)N. The minimum absolute atomic E-state index is 0.0625. The van der Waals surface area contributed by atoms with E-state index in [4.69, 9.17) is 10.5 Å². The molecule has 0 fully saturated rings. The number of methoxy groups -OCH3 is 1. The molecule has 0 aliphatic carbocycles. The highest BCUT2D eigenvalue weighted by atomic mass is 19.1. The average Bonchev–Trinajstić information content (AvgIpc) is 2.20. The minimum atomic E-state index is -0.741. The van der Waals surface area contributed by atoms with Crippen LogP contribution in [0.25, 0.3) is 0 Å². The molecule has 2 N–H and O–H groups in total. The lowest BCUT2D eigenvalue weighted by Gasteiger charge is -2.12. The van der Waals surface area contributed by atoms with E-state index in [0.717, 1.165) is 0 Å². The zero-order valence-corrected chi connectivity index (χ0v) is 9.00. The van der Waals surface area contributed by atoms with Gasteiger partial charge in [0.25, 0.3) is 0 Å². The Labute approximate surface area is 88.0 Å². The molecular formula is C11H14FNO2. The molecule has 1 aromatic rings. The number of halogens is 1. The van der Waals surface area contributed by atoms with Gasteiger partial charge in [-0.2, -0.15) is 0 Å². The van der Waals surface area contributed by atoms with Crippen LogP contribution in [0.1, 0.15) is 22.8 Å². The number of ketones is 1. The highest BCUT2D eigenvalue weighted by Crippen LogP contribution is 2.25. The maximum Gasteiger partial charge on any atom is 0.185 e. The van der Waals surface area contributed by atoms with E-state index >= 15 is 0 Å². The fraction of sp³-hybridized carbons (Fsp3) is 0.364. The number of hydrogen-bond acceptors (Lipinski definition) is 3. The number of Topliss-reactive ketones (excluding diaryl/α,β-unsaturated/α-hetero) is 1. The van der Waals surface area contributed by atoms with E-state index in [0.29, 0.717) is 5.56 Å². The Morgan fingerprint density at radius 1 is 1.53 bits per heavy atom. The van der Waals surface area contributed by atoms with E-state index in [1.165, 1.54) is 14.0 Å². The second-order valence-electron chi connectivity index (χ2n) is 3.43. The van der Waals surface area contributed by atoms with Crippen molar-refractivity contribution >= 4 is 5.78 Å². The number of benzene rings is 1. The van der Waals surface area contributed by atoms with Crippen LogP contribution in [0, 0.1) is 12.7 Å². The smallest absolute Gasteiger partial charge is 0.185 e. The van der Waals surface area contributed by atoms with Gasteiger partial charge in [-0.15, -0.1) is 0 Å². The average molecular weight is 211 g/mol. The Balaban J connectivity index is 3.36. The molecule has 0 radical (unpaired) electrons. The van der Waals surface area contributed by atoms with Gasteiger partial charge in [0.1, 0.15) is 11.6 Å². The van der Waals surface area contributed by atoms with Crippen molar-refractivity contribution in [3.63, 3.8) is 0 Å². The topological polar surface area (TPSA) is 52.3 Å². The first-order valence-corrected chi connectivity index (χ1v) is 4.62. The third-order valence-corrected chi connectivity index (χ3v) is 2.18. The molecule has 0 amide bonds. The predicted molar refractivity (Wildman–Crippen MR) is 55.7 cm³/mol. The molecule has 0 aromatic heterocycles. The van der Waals surface area contributed by atoms with Crippen molar-refractivity contribution in [1.29, 1.82) is 0 Å². The largest absolute Gasteiger partial charge is 0.496 e. The Morgan fingerprint density at radius 2 is 2.13 bits per heavy atom. The molecular weight excluding hydrogens is 197 g/mol. The van der Waals surface area contributed by atoms with E-state index in [1.807, 2.05) is 0 Å². The van der Waals surface area contributed by atoms with Gasteiger partial charge in [-0.25, -0.2) is 4.39 Å². The van der Waals surface area contributed by atoms with Crippen LogP contribution in [0.4, 0.5) is 4.39 Å². The molecule has 1 aromatic carbocycles. The number of rotatable bonds is 3. The molecule has 1 atom stereocenters. The number of hydrogen-bond donors (Lipinski definition) is 1. The van der Waals surface area contributed by atoms with Crippen LogP contribution in [-0.2, 0) is 0 Å². The normalized spacial score (nSPS) is 12.3. The molecule has 0 bridgehead atoms. The summed E-state index contributed by atoms with van der Waals surface area (Å²) in [6.45, 7) is 3.11. The fourth-order valence-corrected chi connectivity index (χ4v) is 1.29. The molecule has 15 heavy (non-hydrogen) atoms. The highest BCUT2D eigenvalue weighted by molar-refractivity contribution is 6.02. The lowest BCUT2D eigenvalue weighted by molar-refractivity contribution is 0.0960. The summed E-state index contributed by atoms with van der Waals surface area (Å²) >= 11 is 0. The highest BCUT2D eigenvalue weighted by Gasteiger charge is 2.21. The summed E-state index contributed by atoms with van der Waals surface area (Å²) in [7, 11) is 1.39. The summed E-state index contributed by atoms with van der Waals surface area (Å²) in [5, 5.41) is 0. The molecule has 0 saturated heterocycles. The summed E-state index contributed by atoms with van der Waals surface area (Å²) in [5.41, 5.74) is 5.78. The Morgan fingerprint density at radius 3 is 2.60 bits per heavy atom. The van der Waals surface area contributed by atoms with Crippen molar-refractivity contribution < 1.29 is 13.9 Å². The van der Waals surface area contributed by atoms with Crippen LogP contribution in [0.15, 0.2) is 12.1 Å². The maximum absolute atomic E-state index is 13.7. The standard InChI is InChI=1S/C11H14FNO2/c1-6-4-5-8(15-3)9(10(6)12)11(14)7(2)13/h4-5,7H,13H2,1-3H3. The predicted octanol–water partition coefficient (Wildman–Crippen LogP) is 1.67. The molecule has 0 heterocycles. The van der Waals surface area contributed by atoms with Gasteiger partial charge in [0.05, 0.1) is 18.7 Å². The fourth-order valence-electron chi connectivity index (χ4n) is 1.29. The lowest BCUT2D eigenvalue weighted by atomic mass is 10.0. The molecule has 4 heteroatoms. The van der Waals surface area contributed by atoms with Crippen molar-refractivity contribution in [3.8, 4) is 5.75 Å². The monoisotopic (exact) mass is 211 g/mol. The third-order valence-electron chi connectivity index (χ3n) is 2.18. The van der Waals surface area contributed by atoms with E-state index in [2.05, 4.69) is 0 Å². The van der Waals surface area contributed by atoms with Crippen molar-refractivity contribution in [1.82, 2.24) is 0 Å². The number of nitrogens with two attached hydrogens (primary N) is 1. The zero-order chi connectivity index (χ0) is 11.6. The van der Waals surface area contributed by atoms with Crippen LogP contribution < -0.4 is 10.5 Å². The third kappa shape index (κ3) is 2.15. The number of carbonyl (C=O) groups is 1. The first-order chi connectivity index (χ1) is 6.99. The minimum Gasteiger partial charge on any atom is -0.496 e. The van der Waals surface area contributed by atoms with E-state index in [1.54, 1.807) is 19.1 Å². The molecule has 82 valence electrons. The van der Waals surface area contributed by atoms with Crippen LogP contribution in [0.3, 0.4) is 0 Å². The van der Waals surface area contributed by atoms with Crippen LogP contribution in [-0.4, -0.2) is 18.9 Å². The van der Waals surface area contributed by atoms with Gasteiger partial charge in [-0.05, 0) is 25.5 Å². The van der Waals surface area contributed by atoms with Gasteiger partial charge in [-0.3, -0.25) is 4.79 Å². The van der Waals surface area contributed by atoms with Crippen molar-refractivity contribution in [2.24, 2.45) is 5.73 Å².